The molecular weight excluding hydrogens is 239 g/mol. The van der Waals surface area contributed by atoms with Crippen LogP contribution in [0.4, 0.5) is 13.2 Å². The Morgan fingerprint density at radius 3 is 2.12 bits per heavy atom. The van der Waals surface area contributed by atoms with Gasteiger partial charge in [-0.3, -0.25) is 9.59 Å². The number of halogens is 3. The number of ether oxygens (including phenoxy) is 1. The van der Waals surface area contributed by atoms with Crippen LogP contribution >= 0.6 is 0 Å². The van der Waals surface area contributed by atoms with Gasteiger partial charge in [0.1, 0.15) is 13.2 Å². The number of carbonyl (C=O) groups excluding carboxylic acids is 2. The van der Waals surface area contributed by atoms with E-state index in [-0.39, 0.29) is 12.3 Å². The lowest BCUT2D eigenvalue weighted by molar-refractivity contribution is -0.175. The Morgan fingerprint density at radius 2 is 1.71 bits per heavy atom. The van der Waals surface area contributed by atoms with E-state index in [0.717, 1.165) is 0 Å². The molecular formula is C10H16F3NO3. The van der Waals surface area contributed by atoms with Crippen molar-refractivity contribution in [3.63, 3.8) is 0 Å². The van der Waals surface area contributed by atoms with Gasteiger partial charge in [0.25, 0.3) is 0 Å². The summed E-state index contributed by atoms with van der Waals surface area (Å²) in [4.78, 5) is 22.4. The van der Waals surface area contributed by atoms with E-state index in [2.05, 4.69) is 10.1 Å². The normalized spacial score (nSPS) is 12.4. The highest BCUT2D eigenvalue weighted by Gasteiger charge is 2.28. The number of rotatable bonds is 5. The lowest BCUT2D eigenvalue weighted by Gasteiger charge is -2.16. The largest absolute Gasteiger partial charge is 0.411 e. The highest BCUT2D eigenvalue weighted by Crippen LogP contribution is 2.14. The van der Waals surface area contributed by atoms with Gasteiger partial charge in [0.05, 0.1) is 6.54 Å². The summed E-state index contributed by atoms with van der Waals surface area (Å²) < 4.78 is 39.1. The lowest BCUT2D eigenvalue weighted by atomic mass is 9.91. The molecule has 7 heteroatoms. The minimum Gasteiger partial charge on any atom is -0.362 e. The number of carbonyl (C=O) groups is 2. The molecule has 0 bridgehead atoms. The minimum atomic E-state index is -4.46. The number of Topliss-reactive ketones (excluding diaryl/α,β-unsaturated/α-hetero) is 1. The van der Waals surface area contributed by atoms with E-state index in [0.29, 0.717) is 0 Å². The number of amides is 1. The molecule has 0 radical (unpaired) electrons. The number of hydrogen-bond donors (Lipinski definition) is 1. The zero-order valence-electron chi connectivity index (χ0n) is 9.98. The average Bonchev–Trinajstić information content (AvgIpc) is 2.10. The minimum absolute atomic E-state index is 0.207. The van der Waals surface area contributed by atoms with Gasteiger partial charge in [-0.15, -0.1) is 0 Å². The summed E-state index contributed by atoms with van der Waals surface area (Å²) in [7, 11) is 0. The van der Waals surface area contributed by atoms with E-state index in [1.54, 1.807) is 20.8 Å². The predicted molar refractivity (Wildman–Crippen MR) is 54.3 cm³/mol. The van der Waals surface area contributed by atoms with Gasteiger partial charge < -0.3 is 10.1 Å². The molecule has 1 amide bonds. The summed E-state index contributed by atoms with van der Waals surface area (Å²) in [6, 6.07) is 0. The topological polar surface area (TPSA) is 55.4 Å². The van der Waals surface area contributed by atoms with Gasteiger partial charge in [-0.25, -0.2) is 0 Å². The third-order valence-electron chi connectivity index (χ3n) is 1.78. The Kier molecular flexibility index (Phi) is 5.60. The van der Waals surface area contributed by atoms with E-state index < -0.39 is 30.7 Å². The molecule has 0 aromatic carbocycles. The van der Waals surface area contributed by atoms with Crippen LogP contribution in [0.3, 0.4) is 0 Å². The molecule has 100 valence electrons. The fourth-order valence-corrected chi connectivity index (χ4v) is 0.755. The molecule has 0 fully saturated rings. The average molecular weight is 255 g/mol. The number of nitrogens with one attached hydrogen (secondary N) is 1. The third-order valence-corrected chi connectivity index (χ3v) is 1.78. The Balaban J connectivity index is 3.79. The van der Waals surface area contributed by atoms with Gasteiger partial charge in [-0.2, -0.15) is 13.2 Å². The number of ketones is 1. The van der Waals surface area contributed by atoms with Crippen molar-refractivity contribution >= 4 is 11.7 Å². The van der Waals surface area contributed by atoms with Gasteiger partial charge in [0, 0.05) is 5.41 Å². The second kappa shape index (κ2) is 6.00. The maximum absolute atomic E-state index is 11.7. The Hall–Kier alpha value is -1.11. The third kappa shape index (κ3) is 8.67. The van der Waals surface area contributed by atoms with Crippen molar-refractivity contribution in [1.29, 1.82) is 0 Å². The molecule has 0 spiro atoms. The monoisotopic (exact) mass is 255 g/mol. The Morgan fingerprint density at radius 1 is 1.18 bits per heavy atom. The van der Waals surface area contributed by atoms with E-state index >= 15 is 0 Å². The van der Waals surface area contributed by atoms with Gasteiger partial charge in [0.15, 0.2) is 5.78 Å². The molecule has 0 aromatic heterocycles. The highest BCUT2D eigenvalue weighted by molar-refractivity contribution is 5.89. The van der Waals surface area contributed by atoms with Gasteiger partial charge in [-0.1, -0.05) is 20.8 Å². The first-order valence-electron chi connectivity index (χ1n) is 4.97. The first-order chi connectivity index (χ1) is 7.52. The fourth-order valence-electron chi connectivity index (χ4n) is 0.755. The molecule has 0 aliphatic carbocycles. The van der Waals surface area contributed by atoms with Crippen molar-refractivity contribution in [2.24, 2.45) is 5.41 Å². The zero-order chi connectivity index (χ0) is 13.7. The molecule has 1 N–H and O–H groups in total. The van der Waals surface area contributed by atoms with Crippen LogP contribution in [0, 0.1) is 5.41 Å². The zero-order valence-corrected chi connectivity index (χ0v) is 9.98. The highest BCUT2D eigenvalue weighted by atomic mass is 19.4. The van der Waals surface area contributed by atoms with Gasteiger partial charge in [-0.05, 0) is 0 Å². The predicted octanol–water partition coefficient (Wildman–Crippen LogP) is 1.30. The van der Waals surface area contributed by atoms with E-state index in [1.165, 1.54) is 0 Å². The van der Waals surface area contributed by atoms with Crippen LogP contribution in [0.1, 0.15) is 20.8 Å². The second-order valence-electron chi connectivity index (χ2n) is 4.56. The van der Waals surface area contributed by atoms with Gasteiger partial charge in [0.2, 0.25) is 5.91 Å². The molecule has 0 rings (SSSR count). The molecule has 0 aliphatic heterocycles. The molecule has 0 aromatic rings. The number of hydrogen-bond acceptors (Lipinski definition) is 3. The van der Waals surface area contributed by atoms with Crippen LogP contribution in [0.25, 0.3) is 0 Å². The van der Waals surface area contributed by atoms with Crippen molar-refractivity contribution < 1.29 is 27.5 Å². The van der Waals surface area contributed by atoms with E-state index in [1.807, 2.05) is 0 Å². The second-order valence-corrected chi connectivity index (χ2v) is 4.56. The van der Waals surface area contributed by atoms with E-state index in [4.69, 9.17) is 0 Å². The molecule has 0 saturated carbocycles. The maximum atomic E-state index is 11.7. The Labute approximate surface area is 97.5 Å². The summed E-state index contributed by atoms with van der Waals surface area (Å²) in [5.41, 5.74) is -0.597. The first-order valence-corrected chi connectivity index (χ1v) is 4.97. The van der Waals surface area contributed by atoms with Crippen molar-refractivity contribution in [2.45, 2.75) is 26.9 Å². The van der Waals surface area contributed by atoms with Crippen LogP contribution in [0.15, 0.2) is 0 Å². The molecule has 0 atom stereocenters. The molecule has 4 nitrogen and oxygen atoms in total. The van der Waals surface area contributed by atoms with Crippen LogP contribution in [-0.4, -0.2) is 37.6 Å². The first kappa shape index (κ1) is 15.9. The molecule has 0 heterocycles. The van der Waals surface area contributed by atoms with Gasteiger partial charge >= 0.3 is 6.18 Å². The molecule has 0 aliphatic rings. The van der Waals surface area contributed by atoms with Crippen LogP contribution in [0.5, 0.6) is 0 Å². The van der Waals surface area contributed by atoms with Crippen molar-refractivity contribution in [2.75, 3.05) is 19.8 Å². The van der Waals surface area contributed by atoms with E-state index in [9.17, 15) is 22.8 Å². The number of alkyl halides is 3. The van der Waals surface area contributed by atoms with Crippen LogP contribution < -0.4 is 5.32 Å². The Bertz CT molecular complexity index is 282. The molecule has 0 unspecified atom stereocenters. The quantitative estimate of drug-likeness (QED) is 0.805. The van der Waals surface area contributed by atoms with Crippen LogP contribution in [-0.2, 0) is 14.3 Å². The van der Waals surface area contributed by atoms with Crippen LogP contribution in [0.2, 0.25) is 0 Å². The standard InChI is InChI=1S/C10H16F3NO3/c1-9(2,3)7(15)4-14-8(16)5-17-6-10(11,12)13/h4-6H2,1-3H3,(H,14,16). The summed E-state index contributed by atoms with van der Waals surface area (Å²) in [5, 5.41) is 2.19. The summed E-state index contributed by atoms with van der Waals surface area (Å²) in [6.07, 6.45) is -4.46. The lowest BCUT2D eigenvalue weighted by Crippen LogP contribution is -2.37. The maximum Gasteiger partial charge on any atom is 0.411 e. The summed E-state index contributed by atoms with van der Waals surface area (Å²) in [5.74, 6) is -0.950. The van der Waals surface area contributed by atoms with Crippen molar-refractivity contribution in [3.8, 4) is 0 Å². The molecule has 17 heavy (non-hydrogen) atoms. The van der Waals surface area contributed by atoms with Crippen molar-refractivity contribution in [3.05, 3.63) is 0 Å². The smallest absolute Gasteiger partial charge is 0.362 e. The SMILES string of the molecule is CC(C)(C)C(=O)CNC(=O)COCC(F)(F)F. The van der Waals surface area contributed by atoms with Crippen molar-refractivity contribution in [1.82, 2.24) is 5.32 Å². The fraction of sp³-hybridized carbons (Fsp3) is 0.800. The summed E-state index contributed by atoms with van der Waals surface area (Å²) >= 11 is 0. The summed E-state index contributed by atoms with van der Waals surface area (Å²) in [6.45, 7) is 2.65. The molecule has 0 saturated heterocycles.